The molecule has 2 aromatic rings. The minimum atomic E-state index is -3.45. The molecule has 1 N–H and O–H groups in total. The summed E-state index contributed by atoms with van der Waals surface area (Å²) in [6, 6.07) is 11.7. The second-order valence-electron chi connectivity index (χ2n) is 6.33. The fourth-order valence-corrected chi connectivity index (χ4v) is 4.17. The first-order chi connectivity index (χ1) is 12.8. The number of sulfonamides is 1. The molecule has 1 aliphatic rings. The van der Waals surface area contributed by atoms with E-state index in [1.165, 1.54) is 24.8 Å². The van der Waals surface area contributed by atoms with Gasteiger partial charge in [0, 0.05) is 11.6 Å². The van der Waals surface area contributed by atoms with E-state index in [0.29, 0.717) is 28.4 Å². The standard InChI is InChI=1S/C19H22N2O5S/c1-25-17-11-8-13(12-18(17)26-2)19(22)20-15-6-4-5-7-16(15)21(14-9-10-14)27(3,23)24/h4-8,11-12,14H,9-10H2,1-3H3,(H,20,22). The highest BCUT2D eigenvalue weighted by atomic mass is 32.2. The number of para-hydroxylation sites is 2. The summed E-state index contributed by atoms with van der Waals surface area (Å²) in [5, 5.41) is 2.81. The highest BCUT2D eigenvalue weighted by molar-refractivity contribution is 7.92. The molecule has 7 nitrogen and oxygen atoms in total. The van der Waals surface area contributed by atoms with E-state index in [2.05, 4.69) is 5.32 Å². The van der Waals surface area contributed by atoms with Crippen LogP contribution in [-0.4, -0.2) is 40.8 Å². The predicted molar refractivity (Wildman–Crippen MR) is 104 cm³/mol. The molecule has 1 aliphatic carbocycles. The van der Waals surface area contributed by atoms with Gasteiger partial charge in [-0.1, -0.05) is 12.1 Å². The monoisotopic (exact) mass is 390 g/mol. The number of carbonyl (C=O) groups excluding carboxylic acids is 1. The largest absolute Gasteiger partial charge is 0.493 e. The van der Waals surface area contributed by atoms with E-state index in [1.54, 1.807) is 42.5 Å². The molecule has 1 amide bonds. The van der Waals surface area contributed by atoms with Crippen LogP contribution in [0.4, 0.5) is 11.4 Å². The summed E-state index contributed by atoms with van der Waals surface area (Å²) < 4.78 is 36.3. The van der Waals surface area contributed by atoms with Crippen LogP contribution < -0.4 is 19.1 Å². The van der Waals surface area contributed by atoms with Crippen molar-refractivity contribution < 1.29 is 22.7 Å². The summed E-state index contributed by atoms with van der Waals surface area (Å²) in [6.07, 6.45) is 2.80. The maximum Gasteiger partial charge on any atom is 0.255 e. The lowest BCUT2D eigenvalue weighted by molar-refractivity contribution is 0.102. The van der Waals surface area contributed by atoms with Gasteiger partial charge in [0.1, 0.15) is 0 Å². The third-order valence-electron chi connectivity index (χ3n) is 4.27. The van der Waals surface area contributed by atoms with Crippen LogP contribution in [0.5, 0.6) is 11.5 Å². The minimum absolute atomic E-state index is 0.0564. The quantitative estimate of drug-likeness (QED) is 0.786. The van der Waals surface area contributed by atoms with Gasteiger partial charge in [-0.2, -0.15) is 0 Å². The number of carbonyl (C=O) groups is 1. The van der Waals surface area contributed by atoms with Gasteiger partial charge in [0.25, 0.3) is 5.91 Å². The zero-order valence-corrected chi connectivity index (χ0v) is 16.2. The Hall–Kier alpha value is -2.74. The molecule has 0 atom stereocenters. The molecule has 0 bridgehead atoms. The van der Waals surface area contributed by atoms with E-state index in [4.69, 9.17) is 9.47 Å². The van der Waals surface area contributed by atoms with Crippen molar-refractivity contribution in [3.05, 3.63) is 48.0 Å². The lowest BCUT2D eigenvalue weighted by Crippen LogP contribution is -2.33. The molecule has 0 saturated heterocycles. The number of methoxy groups -OCH3 is 2. The first kappa shape index (κ1) is 19.0. The van der Waals surface area contributed by atoms with Crippen LogP contribution in [0, 0.1) is 0 Å². The molecular weight excluding hydrogens is 368 g/mol. The summed E-state index contributed by atoms with van der Waals surface area (Å²) in [4.78, 5) is 12.7. The normalized spacial score (nSPS) is 13.7. The van der Waals surface area contributed by atoms with Gasteiger partial charge in [-0.3, -0.25) is 9.10 Å². The van der Waals surface area contributed by atoms with E-state index in [9.17, 15) is 13.2 Å². The first-order valence-electron chi connectivity index (χ1n) is 8.47. The van der Waals surface area contributed by atoms with E-state index in [1.807, 2.05) is 0 Å². The second-order valence-corrected chi connectivity index (χ2v) is 8.19. The Morgan fingerprint density at radius 3 is 2.33 bits per heavy atom. The number of hydrogen-bond acceptors (Lipinski definition) is 5. The Labute approximate surface area is 158 Å². The van der Waals surface area contributed by atoms with Crippen molar-refractivity contribution in [1.82, 2.24) is 0 Å². The summed E-state index contributed by atoms with van der Waals surface area (Å²) in [5.41, 5.74) is 1.28. The van der Waals surface area contributed by atoms with Crippen molar-refractivity contribution in [2.24, 2.45) is 0 Å². The van der Waals surface area contributed by atoms with Gasteiger partial charge in [0.2, 0.25) is 10.0 Å². The van der Waals surface area contributed by atoms with Crippen LogP contribution in [0.3, 0.4) is 0 Å². The third kappa shape index (κ3) is 4.16. The summed E-state index contributed by atoms with van der Waals surface area (Å²) in [5.74, 6) is 0.591. The molecule has 27 heavy (non-hydrogen) atoms. The SMILES string of the molecule is COc1ccc(C(=O)Nc2ccccc2N(C2CC2)S(C)(=O)=O)cc1OC. The maximum atomic E-state index is 12.7. The lowest BCUT2D eigenvalue weighted by atomic mass is 10.1. The lowest BCUT2D eigenvalue weighted by Gasteiger charge is -2.24. The van der Waals surface area contributed by atoms with Crippen molar-refractivity contribution in [2.75, 3.05) is 30.1 Å². The van der Waals surface area contributed by atoms with Crippen molar-refractivity contribution in [3.8, 4) is 11.5 Å². The second kappa shape index (κ2) is 7.48. The fourth-order valence-electron chi connectivity index (χ4n) is 2.90. The van der Waals surface area contributed by atoms with Gasteiger partial charge >= 0.3 is 0 Å². The Morgan fingerprint density at radius 2 is 1.74 bits per heavy atom. The Balaban J connectivity index is 1.91. The summed E-state index contributed by atoms with van der Waals surface area (Å²) in [7, 11) is -0.438. The summed E-state index contributed by atoms with van der Waals surface area (Å²) in [6.45, 7) is 0. The third-order valence-corrected chi connectivity index (χ3v) is 5.48. The molecule has 2 aromatic carbocycles. The number of rotatable bonds is 7. The smallest absolute Gasteiger partial charge is 0.255 e. The van der Waals surface area contributed by atoms with E-state index in [-0.39, 0.29) is 11.9 Å². The molecule has 144 valence electrons. The Bertz CT molecular complexity index is 954. The van der Waals surface area contributed by atoms with Gasteiger partial charge < -0.3 is 14.8 Å². The molecule has 0 aliphatic heterocycles. The van der Waals surface area contributed by atoms with Gasteiger partial charge in [0.15, 0.2) is 11.5 Å². The van der Waals surface area contributed by atoms with Crippen LogP contribution in [0.15, 0.2) is 42.5 Å². The number of nitrogens with zero attached hydrogens (tertiary/aromatic N) is 1. The van der Waals surface area contributed by atoms with Gasteiger partial charge in [0.05, 0.1) is 31.9 Å². The number of ether oxygens (including phenoxy) is 2. The van der Waals surface area contributed by atoms with Crippen molar-refractivity contribution >= 4 is 27.3 Å². The molecule has 0 unspecified atom stereocenters. The van der Waals surface area contributed by atoms with Crippen LogP contribution in [0.1, 0.15) is 23.2 Å². The number of hydrogen-bond donors (Lipinski definition) is 1. The molecule has 1 fully saturated rings. The van der Waals surface area contributed by atoms with Crippen molar-refractivity contribution in [3.63, 3.8) is 0 Å². The van der Waals surface area contributed by atoms with Gasteiger partial charge in [-0.05, 0) is 43.2 Å². The van der Waals surface area contributed by atoms with Gasteiger partial charge in [-0.25, -0.2) is 8.42 Å². The predicted octanol–water partition coefficient (Wildman–Crippen LogP) is 2.88. The van der Waals surface area contributed by atoms with Crippen LogP contribution in [-0.2, 0) is 10.0 Å². The molecule has 0 heterocycles. The number of benzene rings is 2. The molecule has 1 saturated carbocycles. The maximum absolute atomic E-state index is 12.7. The molecule has 8 heteroatoms. The van der Waals surface area contributed by atoms with Gasteiger partial charge in [-0.15, -0.1) is 0 Å². The first-order valence-corrected chi connectivity index (χ1v) is 10.3. The van der Waals surface area contributed by atoms with Crippen LogP contribution >= 0.6 is 0 Å². The van der Waals surface area contributed by atoms with Crippen LogP contribution in [0.2, 0.25) is 0 Å². The van der Waals surface area contributed by atoms with Crippen molar-refractivity contribution in [1.29, 1.82) is 0 Å². The number of anilines is 2. The Kier molecular flexibility index (Phi) is 5.27. The molecule has 0 radical (unpaired) electrons. The van der Waals surface area contributed by atoms with Crippen molar-refractivity contribution in [2.45, 2.75) is 18.9 Å². The zero-order chi connectivity index (χ0) is 19.6. The van der Waals surface area contributed by atoms with E-state index >= 15 is 0 Å². The molecule has 3 rings (SSSR count). The molecule has 0 spiro atoms. The highest BCUT2D eigenvalue weighted by Gasteiger charge is 2.36. The zero-order valence-electron chi connectivity index (χ0n) is 15.4. The van der Waals surface area contributed by atoms with E-state index < -0.39 is 10.0 Å². The average molecular weight is 390 g/mol. The van der Waals surface area contributed by atoms with E-state index in [0.717, 1.165) is 12.8 Å². The summed E-state index contributed by atoms with van der Waals surface area (Å²) >= 11 is 0. The fraction of sp³-hybridized carbons (Fsp3) is 0.316. The number of nitrogens with one attached hydrogen (secondary N) is 1. The number of amides is 1. The van der Waals surface area contributed by atoms with Crippen LogP contribution in [0.25, 0.3) is 0 Å². The molecular formula is C19H22N2O5S. The Morgan fingerprint density at radius 1 is 1.07 bits per heavy atom. The highest BCUT2D eigenvalue weighted by Crippen LogP contribution is 2.38. The minimum Gasteiger partial charge on any atom is -0.493 e. The average Bonchev–Trinajstić information content (AvgIpc) is 3.46. The molecule has 0 aromatic heterocycles. The topological polar surface area (TPSA) is 84.9 Å².